The highest BCUT2D eigenvalue weighted by atomic mass is 16.6. The van der Waals surface area contributed by atoms with Gasteiger partial charge in [0, 0.05) is 29.9 Å². The minimum atomic E-state index is -0.489. The fraction of sp³-hybridized carbons (Fsp3) is 0.500. The van der Waals surface area contributed by atoms with Crippen LogP contribution >= 0.6 is 0 Å². The Morgan fingerprint density at radius 2 is 2.00 bits per heavy atom. The minimum absolute atomic E-state index is 0.0511. The van der Waals surface area contributed by atoms with E-state index in [1.165, 1.54) is 12.1 Å². The zero-order valence-electron chi connectivity index (χ0n) is 11.4. The molecule has 0 spiro atoms. The number of amides is 2. The lowest BCUT2D eigenvalue weighted by molar-refractivity contribution is -0.384. The van der Waals surface area contributed by atoms with E-state index < -0.39 is 4.92 Å². The third-order valence-corrected chi connectivity index (χ3v) is 4.25. The van der Waals surface area contributed by atoms with E-state index in [-0.39, 0.29) is 29.9 Å². The highest BCUT2D eigenvalue weighted by Crippen LogP contribution is 2.36. The van der Waals surface area contributed by atoms with E-state index in [0.29, 0.717) is 18.5 Å². The zero-order chi connectivity index (χ0) is 15.0. The summed E-state index contributed by atoms with van der Waals surface area (Å²) in [6, 6.07) is 5.80. The lowest BCUT2D eigenvalue weighted by Crippen LogP contribution is -2.49. The van der Waals surface area contributed by atoms with Crippen molar-refractivity contribution >= 4 is 17.4 Å². The number of benzene rings is 1. The molecule has 1 aromatic carbocycles. The molecule has 0 aromatic heterocycles. The molecule has 7 heteroatoms. The SMILES string of the molecule is O=C(Nc1cccc([N+](=O)[O-])c1)N1C2CCC1CC(O)C2. The Kier molecular flexibility index (Phi) is 3.50. The van der Waals surface area contributed by atoms with E-state index in [4.69, 9.17) is 0 Å². The van der Waals surface area contributed by atoms with Gasteiger partial charge in [0.1, 0.15) is 0 Å². The largest absolute Gasteiger partial charge is 0.393 e. The van der Waals surface area contributed by atoms with E-state index in [2.05, 4.69) is 5.32 Å². The molecule has 112 valence electrons. The van der Waals surface area contributed by atoms with Gasteiger partial charge in [-0.3, -0.25) is 10.1 Å². The molecule has 21 heavy (non-hydrogen) atoms. The van der Waals surface area contributed by atoms with Gasteiger partial charge in [-0.1, -0.05) is 6.07 Å². The van der Waals surface area contributed by atoms with E-state index >= 15 is 0 Å². The van der Waals surface area contributed by atoms with Crippen LogP contribution in [0.25, 0.3) is 0 Å². The van der Waals surface area contributed by atoms with Crippen molar-refractivity contribution in [1.82, 2.24) is 4.90 Å². The fourth-order valence-electron chi connectivity index (χ4n) is 3.37. The number of hydrogen-bond donors (Lipinski definition) is 2. The molecule has 2 atom stereocenters. The maximum absolute atomic E-state index is 12.4. The molecule has 2 heterocycles. The summed E-state index contributed by atoms with van der Waals surface area (Å²) < 4.78 is 0. The van der Waals surface area contributed by atoms with Crippen molar-refractivity contribution in [3.63, 3.8) is 0 Å². The normalized spacial score (nSPS) is 27.5. The highest BCUT2D eigenvalue weighted by molar-refractivity contribution is 5.90. The number of piperidine rings is 1. The number of nitrogens with zero attached hydrogens (tertiary/aromatic N) is 2. The summed E-state index contributed by atoms with van der Waals surface area (Å²) >= 11 is 0. The summed E-state index contributed by atoms with van der Waals surface area (Å²) in [7, 11) is 0. The van der Waals surface area contributed by atoms with Gasteiger partial charge < -0.3 is 15.3 Å². The Bertz CT molecular complexity index is 563. The van der Waals surface area contributed by atoms with Crippen LogP contribution in [0.2, 0.25) is 0 Å². The molecule has 2 aliphatic rings. The number of non-ortho nitro benzene ring substituents is 1. The first-order valence-electron chi connectivity index (χ1n) is 7.06. The third-order valence-electron chi connectivity index (χ3n) is 4.25. The Labute approximate surface area is 121 Å². The number of rotatable bonds is 2. The quantitative estimate of drug-likeness (QED) is 0.644. The number of nitro benzene ring substituents is 1. The molecule has 2 bridgehead atoms. The second-order valence-electron chi connectivity index (χ2n) is 5.66. The molecular formula is C14H17N3O4. The Hall–Kier alpha value is -2.15. The number of fused-ring (bicyclic) bond motifs is 2. The Morgan fingerprint density at radius 1 is 1.33 bits per heavy atom. The van der Waals surface area contributed by atoms with Gasteiger partial charge in [-0.15, -0.1) is 0 Å². The zero-order valence-corrected chi connectivity index (χ0v) is 11.4. The molecule has 2 fully saturated rings. The van der Waals surface area contributed by atoms with Crippen molar-refractivity contribution in [2.24, 2.45) is 0 Å². The predicted octanol–water partition coefficient (Wildman–Crippen LogP) is 2.11. The molecular weight excluding hydrogens is 274 g/mol. The predicted molar refractivity (Wildman–Crippen MR) is 76.0 cm³/mol. The van der Waals surface area contributed by atoms with Gasteiger partial charge in [-0.2, -0.15) is 0 Å². The number of carbonyl (C=O) groups excluding carboxylic acids is 1. The average molecular weight is 291 g/mol. The Balaban J connectivity index is 1.72. The summed E-state index contributed by atoms with van der Waals surface area (Å²) in [6.45, 7) is 0. The first-order chi connectivity index (χ1) is 10.0. The Morgan fingerprint density at radius 3 is 2.62 bits per heavy atom. The third kappa shape index (κ3) is 2.69. The van der Waals surface area contributed by atoms with Crippen LogP contribution in [0.5, 0.6) is 0 Å². The van der Waals surface area contributed by atoms with E-state index in [0.717, 1.165) is 12.8 Å². The second kappa shape index (κ2) is 5.33. The molecule has 2 aliphatic heterocycles. The number of anilines is 1. The van der Waals surface area contributed by atoms with E-state index in [9.17, 15) is 20.0 Å². The standard InChI is InChI=1S/C14H17N3O4/c18-13-7-10-4-5-11(8-13)16(10)14(19)15-9-2-1-3-12(6-9)17(20)21/h1-3,6,10-11,13,18H,4-5,7-8H2,(H,15,19). The number of carbonyl (C=O) groups is 1. The van der Waals surface area contributed by atoms with Crippen molar-refractivity contribution < 1.29 is 14.8 Å². The van der Waals surface area contributed by atoms with Gasteiger partial charge in [0.05, 0.1) is 11.0 Å². The lowest BCUT2D eigenvalue weighted by atomic mass is 10.0. The molecule has 2 N–H and O–H groups in total. The van der Waals surface area contributed by atoms with E-state index in [1.54, 1.807) is 17.0 Å². The van der Waals surface area contributed by atoms with Gasteiger partial charge in [0.15, 0.2) is 0 Å². The number of aliphatic hydroxyl groups excluding tert-OH is 1. The van der Waals surface area contributed by atoms with Crippen LogP contribution in [-0.4, -0.2) is 39.1 Å². The molecule has 2 saturated heterocycles. The van der Waals surface area contributed by atoms with Gasteiger partial charge in [-0.05, 0) is 31.7 Å². The van der Waals surface area contributed by atoms with E-state index in [1.807, 2.05) is 0 Å². The van der Waals surface area contributed by atoms with Crippen LogP contribution in [0.3, 0.4) is 0 Å². The molecule has 2 unspecified atom stereocenters. The van der Waals surface area contributed by atoms with Crippen molar-refractivity contribution in [3.05, 3.63) is 34.4 Å². The van der Waals surface area contributed by atoms with Crippen LogP contribution in [0.1, 0.15) is 25.7 Å². The highest BCUT2D eigenvalue weighted by Gasteiger charge is 2.42. The lowest BCUT2D eigenvalue weighted by Gasteiger charge is -2.37. The molecule has 7 nitrogen and oxygen atoms in total. The maximum atomic E-state index is 12.4. The molecule has 1 aromatic rings. The topological polar surface area (TPSA) is 95.7 Å². The summed E-state index contributed by atoms with van der Waals surface area (Å²) in [5, 5.41) is 23.2. The monoisotopic (exact) mass is 291 g/mol. The van der Waals surface area contributed by atoms with Crippen LogP contribution in [0.15, 0.2) is 24.3 Å². The smallest absolute Gasteiger partial charge is 0.322 e. The molecule has 3 rings (SSSR count). The number of hydrogen-bond acceptors (Lipinski definition) is 4. The summed E-state index contributed by atoms with van der Waals surface area (Å²) in [4.78, 5) is 24.4. The van der Waals surface area contributed by atoms with Crippen molar-refractivity contribution in [3.8, 4) is 0 Å². The van der Waals surface area contributed by atoms with Crippen LogP contribution in [-0.2, 0) is 0 Å². The van der Waals surface area contributed by atoms with Gasteiger partial charge in [-0.25, -0.2) is 4.79 Å². The minimum Gasteiger partial charge on any atom is -0.393 e. The number of nitrogens with one attached hydrogen (secondary N) is 1. The molecule has 0 aliphatic carbocycles. The van der Waals surface area contributed by atoms with Crippen molar-refractivity contribution in [2.45, 2.75) is 43.9 Å². The van der Waals surface area contributed by atoms with Crippen LogP contribution in [0, 0.1) is 10.1 Å². The van der Waals surface area contributed by atoms with Crippen LogP contribution in [0.4, 0.5) is 16.2 Å². The van der Waals surface area contributed by atoms with Crippen LogP contribution < -0.4 is 5.32 Å². The molecule has 0 saturated carbocycles. The van der Waals surface area contributed by atoms with Gasteiger partial charge in [0.2, 0.25) is 0 Å². The van der Waals surface area contributed by atoms with Gasteiger partial charge >= 0.3 is 6.03 Å². The summed E-state index contributed by atoms with van der Waals surface area (Å²) in [5.41, 5.74) is 0.365. The first kappa shape index (κ1) is 13.8. The van der Waals surface area contributed by atoms with Gasteiger partial charge in [0.25, 0.3) is 5.69 Å². The number of nitro groups is 1. The first-order valence-corrected chi connectivity index (χ1v) is 7.06. The number of aliphatic hydroxyl groups is 1. The van der Waals surface area contributed by atoms with Crippen molar-refractivity contribution in [1.29, 1.82) is 0 Å². The summed E-state index contributed by atoms with van der Waals surface area (Å²) in [6.07, 6.45) is 2.70. The second-order valence-corrected chi connectivity index (χ2v) is 5.66. The average Bonchev–Trinajstić information content (AvgIpc) is 2.71. The van der Waals surface area contributed by atoms with Crippen molar-refractivity contribution in [2.75, 3.05) is 5.32 Å². The summed E-state index contributed by atoms with van der Waals surface area (Å²) in [5.74, 6) is 0. The fourth-order valence-corrected chi connectivity index (χ4v) is 3.37. The molecule has 0 radical (unpaired) electrons. The maximum Gasteiger partial charge on any atom is 0.322 e. The number of urea groups is 1. The molecule has 2 amide bonds.